The summed E-state index contributed by atoms with van der Waals surface area (Å²) >= 11 is 0. The molecule has 0 amide bonds. The Morgan fingerprint density at radius 2 is 1.62 bits per heavy atom. The lowest BCUT2D eigenvalue weighted by Gasteiger charge is -2.27. The highest BCUT2D eigenvalue weighted by atomic mass is 15.1. The summed E-state index contributed by atoms with van der Waals surface area (Å²) in [6, 6.07) is 18.2. The SMILES string of the molecule is CN1CCn2c(c(C3CCCCC3)c3ccccc32)-c2ccccc2C1. The minimum atomic E-state index is 0.718. The summed E-state index contributed by atoms with van der Waals surface area (Å²) in [5.74, 6) is 0.718. The quantitative estimate of drug-likeness (QED) is 0.541. The third-order valence-electron chi connectivity index (χ3n) is 6.44. The first-order valence-corrected chi connectivity index (χ1v) is 10.2. The van der Waals surface area contributed by atoms with E-state index in [1.807, 2.05) is 0 Å². The second-order valence-electron chi connectivity index (χ2n) is 8.16. The Kier molecular flexibility index (Phi) is 4.09. The fourth-order valence-electron chi connectivity index (χ4n) is 5.19. The zero-order valence-electron chi connectivity index (χ0n) is 15.7. The summed E-state index contributed by atoms with van der Waals surface area (Å²) in [5.41, 5.74) is 7.50. The summed E-state index contributed by atoms with van der Waals surface area (Å²) in [4.78, 5) is 2.46. The first kappa shape index (κ1) is 16.1. The Labute approximate surface area is 156 Å². The Morgan fingerprint density at radius 1 is 0.846 bits per heavy atom. The van der Waals surface area contributed by atoms with Crippen molar-refractivity contribution in [3.05, 3.63) is 59.7 Å². The van der Waals surface area contributed by atoms with E-state index in [4.69, 9.17) is 0 Å². The van der Waals surface area contributed by atoms with E-state index >= 15 is 0 Å². The molecule has 0 saturated heterocycles. The van der Waals surface area contributed by atoms with Crippen LogP contribution >= 0.6 is 0 Å². The number of benzene rings is 2. The molecule has 0 radical (unpaired) electrons. The fraction of sp³-hybridized carbons (Fsp3) is 0.417. The lowest BCUT2D eigenvalue weighted by atomic mass is 9.81. The monoisotopic (exact) mass is 344 g/mol. The molecule has 2 aliphatic rings. The molecule has 2 heterocycles. The summed E-state index contributed by atoms with van der Waals surface area (Å²) in [5, 5.41) is 1.49. The van der Waals surface area contributed by atoms with E-state index in [0.29, 0.717) is 0 Å². The summed E-state index contributed by atoms with van der Waals surface area (Å²) in [7, 11) is 2.25. The van der Waals surface area contributed by atoms with Gasteiger partial charge in [-0.25, -0.2) is 0 Å². The van der Waals surface area contributed by atoms with Crippen LogP contribution in [0.3, 0.4) is 0 Å². The predicted octanol–water partition coefficient (Wildman–Crippen LogP) is 5.80. The number of fused-ring (bicyclic) bond motifs is 5. The lowest BCUT2D eigenvalue weighted by molar-refractivity contribution is 0.311. The molecule has 2 aromatic carbocycles. The number of aromatic nitrogens is 1. The molecule has 1 aliphatic heterocycles. The van der Waals surface area contributed by atoms with Gasteiger partial charge in [-0.2, -0.15) is 0 Å². The predicted molar refractivity (Wildman–Crippen MR) is 110 cm³/mol. The van der Waals surface area contributed by atoms with Gasteiger partial charge in [-0.05, 0) is 43.0 Å². The van der Waals surface area contributed by atoms with Gasteiger partial charge in [0.15, 0.2) is 0 Å². The minimum absolute atomic E-state index is 0.718. The van der Waals surface area contributed by atoms with Crippen molar-refractivity contribution in [1.29, 1.82) is 0 Å². The van der Waals surface area contributed by atoms with Crippen LogP contribution in [0.5, 0.6) is 0 Å². The van der Waals surface area contributed by atoms with Gasteiger partial charge in [-0.15, -0.1) is 0 Å². The summed E-state index contributed by atoms with van der Waals surface area (Å²) in [6.07, 6.45) is 6.88. The van der Waals surface area contributed by atoms with E-state index in [2.05, 4.69) is 65.0 Å². The van der Waals surface area contributed by atoms with Crippen LogP contribution < -0.4 is 0 Å². The van der Waals surface area contributed by atoms with Gasteiger partial charge >= 0.3 is 0 Å². The molecule has 1 aromatic heterocycles. The van der Waals surface area contributed by atoms with Crippen LogP contribution in [0.15, 0.2) is 48.5 Å². The molecule has 26 heavy (non-hydrogen) atoms. The van der Waals surface area contributed by atoms with Crippen molar-refractivity contribution in [3.63, 3.8) is 0 Å². The highest BCUT2D eigenvalue weighted by molar-refractivity contribution is 5.93. The van der Waals surface area contributed by atoms with Gasteiger partial charge in [0, 0.05) is 36.1 Å². The van der Waals surface area contributed by atoms with Crippen molar-refractivity contribution < 1.29 is 0 Å². The third-order valence-corrected chi connectivity index (χ3v) is 6.44. The first-order chi connectivity index (χ1) is 12.8. The third kappa shape index (κ3) is 2.59. The van der Waals surface area contributed by atoms with E-state index in [9.17, 15) is 0 Å². The number of nitrogens with zero attached hydrogens (tertiary/aromatic N) is 2. The van der Waals surface area contributed by atoms with Crippen molar-refractivity contribution >= 4 is 10.9 Å². The number of hydrogen-bond donors (Lipinski definition) is 0. The van der Waals surface area contributed by atoms with Crippen LogP contribution in [0.2, 0.25) is 0 Å². The molecule has 5 rings (SSSR count). The van der Waals surface area contributed by atoms with Crippen molar-refractivity contribution in [2.24, 2.45) is 0 Å². The van der Waals surface area contributed by atoms with Crippen molar-refractivity contribution in [3.8, 4) is 11.3 Å². The van der Waals surface area contributed by atoms with Crippen molar-refractivity contribution in [2.75, 3.05) is 13.6 Å². The Hall–Kier alpha value is -2.06. The molecule has 0 atom stereocenters. The maximum atomic E-state index is 2.62. The second-order valence-corrected chi connectivity index (χ2v) is 8.16. The molecule has 1 aliphatic carbocycles. The van der Waals surface area contributed by atoms with E-state index in [1.165, 1.54) is 59.8 Å². The van der Waals surface area contributed by atoms with Crippen molar-refractivity contribution in [1.82, 2.24) is 9.47 Å². The zero-order chi connectivity index (χ0) is 17.5. The van der Waals surface area contributed by atoms with Crippen LogP contribution in [0.25, 0.3) is 22.2 Å². The van der Waals surface area contributed by atoms with Crippen LogP contribution in [-0.4, -0.2) is 23.1 Å². The van der Waals surface area contributed by atoms with Gasteiger partial charge in [0.2, 0.25) is 0 Å². The molecular formula is C24H28N2. The average molecular weight is 345 g/mol. The number of hydrogen-bond acceptors (Lipinski definition) is 1. The molecule has 2 heteroatoms. The van der Waals surface area contributed by atoms with E-state index in [1.54, 1.807) is 5.56 Å². The van der Waals surface area contributed by atoms with Gasteiger partial charge < -0.3 is 9.47 Å². The normalized spacial score (nSPS) is 19.0. The van der Waals surface area contributed by atoms with Crippen LogP contribution in [0.4, 0.5) is 0 Å². The largest absolute Gasteiger partial charge is 0.339 e. The molecule has 0 N–H and O–H groups in total. The average Bonchev–Trinajstić information content (AvgIpc) is 3.00. The molecule has 3 aromatic rings. The van der Waals surface area contributed by atoms with E-state index < -0.39 is 0 Å². The first-order valence-electron chi connectivity index (χ1n) is 10.2. The number of rotatable bonds is 1. The van der Waals surface area contributed by atoms with Gasteiger partial charge in [0.05, 0.1) is 5.69 Å². The zero-order valence-corrected chi connectivity index (χ0v) is 15.7. The highest BCUT2D eigenvalue weighted by Crippen LogP contribution is 2.45. The lowest BCUT2D eigenvalue weighted by Crippen LogP contribution is -2.25. The molecule has 0 spiro atoms. The summed E-state index contributed by atoms with van der Waals surface area (Å²) < 4.78 is 2.62. The van der Waals surface area contributed by atoms with E-state index in [-0.39, 0.29) is 0 Å². The highest BCUT2D eigenvalue weighted by Gasteiger charge is 2.28. The molecule has 1 fully saturated rings. The minimum Gasteiger partial charge on any atom is -0.339 e. The van der Waals surface area contributed by atoms with Gasteiger partial charge in [-0.1, -0.05) is 61.7 Å². The number of para-hydroxylation sites is 1. The molecular weight excluding hydrogens is 316 g/mol. The van der Waals surface area contributed by atoms with E-state index in [0.717, 1.165) is 25.6 Å². The maximum absolute atomic E-state index is 2.62. The Balaban J connectivity index is 1.82. The number of likely N-dealkylation sites (N-methyl/N-ethyl adjacent to an activating group) is 1. The smallest absolute Gasteiger partial charge is 0.0530 e. The molecule has 0 unspecified atom stereocenters. The van der Waals surface area contributed by atoms with Crippen LogP contribution in [0.1, 0.15) is 49.1 Å². The van der Waals surface area contributed by atoms with Crippen LogP contribution in [0, 0.1) is 0 Å². The standard InChI is InChI=1S/C24H28N2/c1-25-15-16-26-22-14-8-7-13-21(22)23(18-9-3-2-4-10-18)24(26)20-12-6-5-11-19(20)17-25/h5-8,11-14,18H,2-4,9-10,15-17H2,1H3. The van der Waals surface area contributed by atoms with Gasteiger partial charge in [0.25, 0.3) is 0 Å². The van der Waals surface area contributed by atoms with Gasteiger partial charge in [0.1, 0.15) is 0 Å². The molecule has 2 nitrogen and oxygen atoms in total. The van der Waals surface area contributed by atoms with Gasteiger partial charge in [-0.3, -0.25) is 0 Å². The Bertz CT molecular complexity index is 931. The van der Waals surface area contributed by atoms with Crippen LogP contribution in [-0.2, 0) is 13.1 Å². The fourth-order valence-corrected chi connectivity index (χ4v) is 5.19. The summed E-state index contributed by atoms with van der Waals surface area (Å²) in [6.45, 7) is 3.22. The van der Waals surface area contributed by atoms with Crippen molar-refractivity contribution in [2.45, 2.75) is 51.1 Å². The molecule has 134 valence electrons. The molecule has 0 bridgehead atoms. The Morgan fingerprint density at radius 3 is 2.50 bits per heavy atom. The maximum Gasteiger partial charge on any atom is 0.0530 e. The molecule has 1 saturated carbocycles. The second kappa shape index (κ2) is 6.59. The topological polar surface area (TPSA) is 8.17 Å².